The zero-order valence-electron chi connectivity index (χ0n) is 12.2. The predicted octanol–water partition coefficient (Wildman–Crippen LogP) is 3.21. The van der Waals surface area contributed by atoms with Crippen molar-refractivity contribution in [2.75, 3.05) is 5.32 Å². The molecule has 1 atom stereocenters. The highest BCUT2D eigenvalue weighted by atomic mass is 16.6. The third-order valence-corrected chi connectivity index (χ3v) is 3.29. The van der Waals surface area contributed by atoms with Crippen molar-refractivity contribution in [3.05, 3.63) is 69.3 Å². The molecule has 2 N–H and O–H groups in total. The van der Waals surface area contributed by atoms with Crippen LogP contribution in [-0.2, 0) is 0 Å². The van der Waals surface area contributed by atoms with E-state index in [-0.39, 0.29) is 11.3 Å². The number of nitro benzene ring substituents is 1. The summed E-state index contributed by atoms with van der Waals surface area (Å²) >= 11 is 0. The van der Waals surface area contributed by atoms with Gasteiger partial charge in [0.15, 0.2) is 0 Å². The first kappa shape index (κ1) is 15.7. The highest BCUT2D eigenvalue weighted by Crippen LogP contribution is 2.21. The van der Waals surface area contributed by atoms with Crippen LogP contribution in [0.2, 0.25) is 0 Å². The standard InChI is InChI=1S/C16H16N2O4/c1-10-6-7-13(9-15(10)18(21)22)16(20)17-14-5-3-4-12(8-14)11(2)19/h3-9,11,19H,1-2H3,(H,17,20)/t11-/m0/s1. The number of hydrogen-bond acceptors (Lipinski definition) is 4. The minimum Gasteiger partial charge on any atom is -0.389 e. The quantitative estimate of drug-likeness (QED) is 0.670. The van der Waals surface area contributed by atoms with Gasteiger partial charge in [-0.1, -0.05) is 18.2 Å². The molecule has 6 nitrogen and oxygen atoms in total. The van der Waals surface area contributed by atoms with Crippen LogP contribution in [0, 0.1) is 17.0 Å². The average molecular weight is 300 g/mol. The van der Waals surface area contributed by atoms with Gasteiger partial charge in [0.2, 0.25) is 0 Å². The van der Waals surface area contributed by atoms with Gasteiger partial charge >= 0.3 is 0 Å². The normalized spacial score (nSPS) is 11.8. The van der Waals surface area contributed by atoms with E-state index in [9.17, 15) is 20.0 Å². The molecule has 2 rings (SSSR count). The zero-order chi connectivity index (χ0) is 16.3. The number of aliphatic hydroxyl groups is 1. The van der Waals surface area contributed by atoms with E-state index in [2.05, 4.69) is 5.32 Å². The van der Waals surface area contributed by atoms with Crippen molar-refractivity contribution in [3.63, 3.8) is 0 Å². The molecule has 0 radical (unpaired) electrons. The van der Waals surface area contributed by atoms with E-state index >= 15 is 0 Å². The Morgan fingerprint density at radius 1 is 1.27 bits per heavy atom. The molecule has 6 heteroatoms. The van der Waals surface area contributed by atoms with Crippen molar-refractivity contribution in [1.82, 2.24) is 0 Å². The van der Waals surface area contributed by atoms with Gasteiger partial charge in [0.25, 0.3) is 11.6 Å². The van der Waals surface area contributed by atoms with E-state index in [0.29, 0.717) is 16.8 Å². The van der Waals surface area contributed by atoms with Gasteiger partial charge in [-0.2, -0.15) is 0 Å². The van der Waals surface area contributed by atoms with Gasteiger partial charge in [0, 0.05) is 22.9 Å². The van der Waals surface area contributed by atoms with Gasteiger partial charge in [-0.25, -0.2) is 0 Å². The molecular formula is C16H16N2O4. The first-order valence-electron chi connectivity index (χ1n) is 6.73. The topological polar surface area (TPSA) is 92.5 Å². The number of amides is 1. The summed E-state index contributed by atoms with van der Waals surface area (Å²) < 4.78 is 0. The van der Waals surface area contributed by atoms with Crippen LogP contribution in [0.4, 0.5) is 11.4 Å². The van der Waals surface area contributed by atoms with E-state index in [1.807, 2.05) is 0 Å². The Labute approximate surface area is 127 Å². The molecule has 2 aromatic rings. The number of nitrogens with zero attached hydrogens (tertiary/aromatic N) is 1. The van der Waals surface area contributed by atoms with Crippen molar-refractivity contribution < 1.29 is 14.8 Å². The Kier molecular flexibility index (Phi) is 4.53. The third kappa shape index (κ3) is 3.48. The van der Waals surface area contributed by atoms with Crippen LogP contribution in [0.25, 0.3) is 0 Å². The number of aryl methyl sites for hydroxylation is 1. The highest BCUT2D eigenvalue weighted by Gasteiger charge is 2.15. The second-order valence-corrected chi connectivity index (χ2v) is 5.01. The molecule has 0 aromatic heterocycles. The van der Waals surface area contributed by atoms with Gasteiger partial charge < -0.3 is 10.4 Å². The SMILES string of the molecule is Cc1ccc(C(=O)Nc2cccc([C@H](C)O)c2)cc1[N+](=O)[O-]. The number of carbonyl (C=O) groups excluding carboxylic acids is 1. The number of hydrogen-bond donors (Lipinski definition) is 2. The Balaban J connectivity index is 2.24. The summed E-state index contributed by atoms with van der Waals surface area (Å²) in [5.74, 6) is -0.439. The number of nitro groups is 1. The molecule has 0 spiro atoms. The Hall–Kier alpha value is -2.73. The molecule has 0 bridgehead atoms. The monoisotopic (exact) mass is 300 g/mol. The molecule has 0 unspecified atom stereocenters. The summed E-state index contributed by atoms with van der Waals surface area (Å²) in [6.07, 6.45) is -0.641. The molecule has 0 heterocycles. The van der Waals surface area contributed by atoms with Gasteiger partial charge in [-0.3, -0.25) is 14.9 Å². The summed E-state index contributed by atoms with van der Waals surface area (Å²) in [7, 11) is 0. The zero-order valence-corrected chi connectivity index (χ0v) is 12.2. The molecule has 22 heavy (non-hydrogen) atoms. The molecule has 0 fully saturated rings. The smallest absolute Gasteiger partial charge is 0.273 e. The summed E-state index contributed by atoms with van der Waals surface area (Å²) in [6.45, 7) is 3.25. The van der Waals surface area contributed by atoms with E-state index in [1.165, 1.54) is 12.1 Å². The first-order valence-corrected chi connectivity index (χ1v) is 6.73. The van der Waals surface area contributed by atoms with E-state index in [1.54, 1.807) is 44.2 Å². The number of rotatable bonds is 4. The third-order valence-electron chi connectivity index (χ3n) is 3.29. The van der Waals surface area contributed by atoms with Gasteiger partial charge in [-0.15, -0.1) is 0 Å². The second-order valence-electron chi connectivity index (χ2n) is 5.01. The van der Waals surface area contributed by atoms with E-state index < -0.39 is 16.9 Å². The molecule has 0 aliphatic carbocycles. The maximum absolute atomic E-state index is 12.2. The molecular weight excluding hydrogens is 284 g/mol. The lowest BCUT2D eigenvalue weighted by atomic mass is 10.1. The van der Waals surface area contributed by atoms with Crippen molar-refractivity contribution >= 4 is 17.3 Å². The molecule has 2 aromatic carbocycles. The lowest BCUT2D eigenvalue weighted by molar-refractivity contribution is -0.385. The summed E-state index contributed by atoms with van der Waals surface area (Å²) in [6, 6.07) is 11.1. The van der Waals surface area contributed by atoms with Gasteiger partial charge in [0.05, 0.1) is 11.0 Å². The van der Waals surface area contributed by atoms with Crippen molar-refractivity contribution in [1.29, 1.82) is 0 Å². The van der Waals surface area contributed by atoms with Crippen molar-refractivity contribution in [2.45, 2.75) is 20.0 Å². The van der Waals surface area contributed by atoms with Crippen LogP contribution < -0.4 is 5.32 Å². The minimum absolute atomic E-state index is 0.0922. The molecule has 114 valence electrons. The van der Waals surface area contributed by atoms with Gasteiger partial charge in [-0.05, 0) is 37.6 Å². The van der Waals surface area contributed by atoms with Crippen molar-refractivity contribution in [3.8, 4) is 0 Å². The number of carbonyl (C=O) groups is 1. The summed E-state index contributed by atoms with van der Waals surface area (Å²) in [5, 5.41) is 23.1. The fourth-order valence-electron chi connectivity index (χ4n) is 2.03. The Bertz CT molecular complexity index is 726. The molecule has 0 saturated carbocycles. The van der Waals surface area contributed by atoms with Crippen LogP contribution in [0.5, 0.6) is 0 Å². The summed E-state index contributed by atoms with van der Waals surface area (Å²) in [5.41, 5.74) is 1.81. The molecule has 0 aliphatic rings. The number of benzene rings is 2. The second kappa shape index (κ2) is 6.36. The van der Waals surface area contributed by atoms with Crippen LogP contribution >= 0.6 is 0 Å². The van der Waals surface area contributed by atoms with Crippen LogP contribution in [0.15, 0.2) is 42.5 Å². The highest BCUT2D eigenvalue weighted by molar-refractivity contribution is 6.04. The van der Waals surface area contributed by atoms with Crippen LogP contribution in [0.1, 0.15) is 34.5 Å². The van der Waals surface area contributed by atoms with Crippen molar-refractivity contribution in [2.24, 2.45) is 0 Å². The van der Waals surface area contributed by atoms with Crippen LogP contribution in [0.3, 0.4) is 0 Å². The van der Waals surface area contributed by atoms with Crippen LogP contribution in [-0.4, -0.2) is 15.9 Å². The Morgan fingerprint density at radius 3 is 2.64 bits per heavy atom. The fraction of sp³-hybridized carbons (Fsp3) is 0.188. The molecule has 0 aliphatic heterocycles. The molecule has 1 amide bonds. The molecule has 0 saturated heterocycles. The lowest BCUT2D eigenvalue weighted by Gasteiger charge is -2.09. The summed E-state index contributed by atoms with van der Waals surface area (Å²) in [4.78, 5) is 22.6. The maximum atomic E-state index is 12.2. The largest absolute Gasteiger partial charge is 0.389 e. The van der Waals surface area contributed by atoms with Gasteiger partial charge in [0.1, 0.15) is 0 Å². The fourth-order valence-corrected chi connectivity index (χ4v) is 2.03. The average Bonchev–Trinajstić information content (AvgIpc) is 2.47. The Morgan fingerprint density at radius 2 is 2.00 bits per heavy atom. The van der Waals surface area contributed by atoms with E-state index in [0.717, 1.165) is 0 Å². The lowest BCUT2D eigenvalue weighted by Crippen LogP contribution is -2.12. The minimum atomic E-state index is -0.641. The number of aliphatic hydroxyl groups excluding tert-OH is 1. The van der Waals surface area contributed by atoms with E-state index in [4.69, 9.17) is 0 Å². The first-order chi connectivity index (χ1) is 10.4. The maximum Gasteiger partial charge on any atom is 0.273 e. The number of nitrogens with one attached hydrogen (secondary N) is 1. The number of anilines is 1. The predicted molar refractivity (Wildman–Crippen MR) is 82.9 cm³/mol.